The fraction of sp³-hybridized carbons (Fsp3) is 0.467. The monoisotopic (exact) mass is 263 g/mol. The van der Waals surface area contributed by atoms with E-state index in [-0.39, 0.29) is 11.4 Å². The third kappa shape index (κ3) is 4.73. The Labute approximate surface area is 114 Å². The second-order valence-corrected chi connectivity index (χ2v) is 5.18. The molecule has 104 valence electrons. The van der Waals surface area contributed by atoms with Crippen molar-refractivity contribution in [2.24, 2.45) is 0 Å². The van der Waals surface area contributed by atoms with E-state index in [1.807, 2.05) is 20.8 Å². The first-order chi connectivity index (χ1) is 8.88. The number of benzene rings is 1. The maximum absolute atomic E-state index is 12.0. The Morgan fingerprint density at radius 1 is 1.47 bits per heavy atom. The lowest BCUT2D eigenvalue weighted by Gasteiger charge is -2.26. The second kappa shape index (κ2) is 6.36. The Kier molecular flexibility index (Phi) is 5.10. The highest BCUT2D eigenvalue weighted by Crippen LogP contribution is 2.15. The molecule has 1 amide bonds. The van der Waals surface area contributed by atoms with E-state index in [1.165, 1.54) is 0 Å². The fourth-order valence-electron chi connectivity index (χ4n) is 1.44. The van der Waals surface area contributed by atoms with Gasteiger partial charge in [-0.15, -0.1) is 0 Å². The van der Waals surface area contributed by atoms with E-state index in [0.29, 0.717) is 11.3 Å². The van der Waals surface area contributed by atoms with Crippen LogP contribution in [0.4, 0.5) is 0 Å². The van der Waals surface area contributed by atoms with E-state index in [1.54, 1.807) is 31.2 Å². The van der Waals surface area contributed by atoms with Gasteiger partial charge < -0.3 is 10.1 Å². The Balaban J connectivity index is 2.65. The first-order valence-corrected chi connectivity index (χ1v) is 6.42. The minimum absolute atomic E-state index is 0.164. The highest BCUT2D eigenvalue weighted by Gasteiger charge is 2.22. The molecule has 4 heteroatoms. The van der Waals surface area contributed by atoms with E-state index in [4.69, 9.17) is 4.74 Å². The van der Waals surface area contributed by atoms with Crippen molar-refractivity contribution in [3.05, 3.63) is 29.8 Å². The third-order valence-electron chi connectivity index (χ3n) is 3.02. The molecule has 0 saturated heterocycles. The van der Waals surface area contributed by atoms with Gasteiger partial charge >= 0.3 is 0 Å². The number of hydrogen-bond acceptors (Lipinski definition) is 3. The molecular formula is C15H21NO3. The van der Waals surface area contributed by atoms with Gasteiger partial charge in [-0.2, -0.15) is 0 Å². The number of carbonyl (C=O) groups excluding carboxylic acids is 2. The van der Waals surface area contributed by atoms with Crippen molar-refractivity contribution in [1.82, 2.24) is 5.32 Å². The predicted octanol–water partition coefficient (Wildman–Crippen LogP) is 2.57. The molecule has 1 aromatic rings. The van der Waals surface area contributed by atoms with Crippen molar-refractivity contribution >= 4 is 12.2 Å². The minimum atomic E-state index is -0.604. The zero-order valence-corrected chi connectivity index (χ0v) is 11.9. The summed E-state index contributed by atoms with van der Waals surface area (Å²) in [6, 6.07) is 6.74. The van der Waals surface area contributed by atoms with Crippen molar-refractivity contribution in [2.75, 3.05) is 0 Å². The van der Waals surface area contributed by atoms with Crippen LogP contribution in [0.1, 0.15) is 44.5 Å². The number of nitrogens with one attached hydrogen (secondary N) is 1. The number of hydrogen-bond donors (Lipinski definition) is 1. The van der Waals surface area contributed by atoms with Crippen LogP contribution in [-0.4, -0.2) is 23.8 Å². The van der Waals surface area contributed by atoms with E-state index < -0.39 is 6.10 Å². The summed E-state index contributed by atoms with van der Waals surface area (Å²) < 4.78 is 5.54. The molecule has 1 unspecified atom stereocenters. The molecule has 19 heavy (non-hydrogen) atoms. The lowest BCUT2D eigenvalue weighted by molar-refractivity contribution is -0.128. The van der Waals surface area contributed by atoms with Gasteiger partial charge in [0, 0.05) is 11.1 Å². The molecule has 0 fully saturated rings. The number of ether oxygens (including phenoxy) is 1. The standard InChI is InChI=1S/C15H21NO3/c1-5-15(3,4)16-14(18)11(2)19-13-8-6-7-12(9-13)10-17/h6-11H,5H2,1-4H3,(H,16,18). The van der Waals surface area contributed by atoms with Crippen LogP contribution in [-0.2, 0) is 4.79 Å². The van der Waals surface area contributed by atoms with Crippen LogP contribution in [0.25, 0.3) is 0 Å². The molecule has 0 spiro atoms. The van der Waals surface area contributed by atoms with Gasteiger partial charge in [-0.3, -0.25) is 9.59 Å². The summed E-state index contributed by atoms with van der Waals surface area (Å²) in [5.74, 6) is 0.352. The SMILES string of the molecule is CCC(C)(C)NC(=O)C(C)Oc1cccc(C=O)c1. The largest absolute Gasteiger partial charge is 0.481 e. The predicted molar refractivity (Wildman–Crippen MR) is 74.4 cm³/mol. The van der Waals surface area contributed by atoms with Crippen LogP contribution in [0.15, 0.2) is 24.3 Å². The lowest BCUT2D eigenvalue weighted by atomic mass is 10.0. The van der Waals surface area contributed by atoms with Crippen LogP contribution in [0.3, 0.4) is 0 Å². The molecule has 1 atom stereocenters. The molecule has 1 aromatic carbocycles. The Hall–Kier alpha value is -1.84. The highest BCUT2D eigenvalue weighted by atomic mass is 16.5. The lowest BCUT2D eigenvalue weighted by Crippen LogP contribution is -2.48. The van der Waals surface area contributed by atoms with Crippen LogP contribution in [0, 0.1) is 0 Å². The van der Waals surface area contributed by atoms with Crippen LogP contribution in [0.2, 0.25) is 0 Å². The molecule has 0 aliphatic rings. The first-order valence-electron chi connectivity index (χ1n) is 6.42. The Morgan fingerprint density at radius 2 is 2.16 bits per heavy atom. The van der Waals surface area contributed by atoms with E-state index in [0.717, 1.165) is 12.7 Å². The van der Waals surface area contributed by atoms with E-state index >= 15 is 0 Å². The summed E-state index contributed by atoms with van der Waals surface area (Å²) in [6.45, 7) is 7.63. The molecule has 0 bridgehead atoms. The summed E-state index contributed by atoms with van der Waals surface area (Å²) in [4.78, 5) is 22.6. The Morgan fingerprint density at radius 3 is 2.74 bits per heavy atom. The van der Waals surface area contributed by atoms with Crippen LogP contribution in [0.5, 0.6) is 5.75 Å². The van der Waals surface area contributed by atoms with Gasteiger partial charge in [0.05, 0.1) is 0 Å². The van der Waals surface area contributed by atoms with Crippen molar-refractivity contribution < 1.29 is 14.3 Å². The maximum atomic E-state index is 12.0. The van der Waals surface area contributed by atoms with E-state index in [2.05, 4.69) is 5.32 Å². The van der Waals surface area contributed by atoms with Crippen LogP contribution < -0.4 is 10.1 Å². The topological polar surface area (TPSA) is 55.4 Å². The smallest absolute Gasteiger partial charge is 0.261 e. The fourth-order valence-corrected chi connectivity index (χ4v) is 1.44. The quantitative estimate of drug-likeness (QED) is 0.802. The van der Waals surface area contributed by atoms with E-state index in [9.17, 15) is 9.59 Å². The van der Waals surface area contributed by atoms with Gasteiger partial charge in [0.2, 0.25) is 0 Å². The molecular weight excluding hydrogens is 242 g/mol. The molecule has 0 heterocycles. The van der Waals surface area contributed by atoms with Gasteiger partial charge in [0.25, 0.3) is 5.91 Å². The molecule has 0 aliphatic carbocycles. The zero-order valence-electron chi connectivity index (χ0n) is 11.9. The number of carbonyl (C=O) groups is 2. The number of rotatable bonds is 6. The zero-order chi connectivity index (χ0) is 14.5. The molecule has 1 rings (SSSR count). The van der Waals surface area contributed by atoms with Gasteiger partial charge in [0.15, 0.2) is 6.10 Å². The Bertz CT molecular complexity index is 454. The molecule has 0 radical (unpaired) electrons. The normalized spacial score (nSPS) is 12.6. The average molecular weight is 263 g/mol. The molecule has 0 aliphatic heterocycles. The van der Waals surface area contributed by atoms with Gasteiger partial charge in [-0.25, -0.2) is 0 Å². The number of amides is 1. The van der Waals surface area contributed by atoms with Crippen molar-refractivity contribution in [1.29, 1.82) is 0 Å². The van der Waals surface area contributed by atoms with Gasteiger partial charge in [-0.05, 0) is 39.3 Å². The third-order valence-corrected chi connectivity index (χ3v) is 3.02. The summed E-state index contributed by atoms with van der Waals surface area (Å²) in [5.41, 5.74) is 0.276. The summed E-state index contributed by atoms with van der Waals surface area (Å²) in [6.07, 6.45) is 0.983. The van der Waals surface area contributed by atoms with Gasteiger partial charge in [0.1, 0.15) is 12.0 Å². The van der Waals surface area contributed by atoms with Crippen molar-refractivity contribution in [3.63, 3.8) is 0 Å². The molecule has 4 nitrogen and oxygen atoms in total. The average Bonchev–Trinajstić information content (AvgIpc) is 2.38. The first kappa shape index (κ1) is 15.2. The minimum Gasteiger partial charge on any atom is -0.481 e. The summed E-state index contributed by atoms with van der Waals surface area (Å²) >= 11 is 0. The summed E-state index contributed by atoms with van der Waals surface area (Å²) in [5, 5.41) is 2.92. The maximum Gasteiger partial charge on any atom is 0.261 e. The second-order valence-electron chi connectivity index (χ2n) is 5.18. The molecule has 0 aromatic heterocycles. The summed E-state index contributed by atoms with van der Waals surface area (Å²) in [7, 11) is 0. The van der Waals surface area contributed by atoms with Crippen molar-refractivity contribution in [2.45, 2.75) is 45.8 Å². The number of aldehydes is 1. The molecule has 1 N–H and O–H groups in total. The molecule has 0 saturated carbocycles. The van der Waals surface area contributed by atoms with Crippen molar-refractivity contribution in [3.8, 4) is 5.75 Å². The van der Waals surface area contributed by atoms with Crippen LogP contribution >= 0.6 is 0 Å². The van der Waals surface area contributed by atoms with Gasteiger partial charge in [-0.1, -0.05) is 19.1 Å². The highest BCUT2D eigenvalue weighted by molar-refractivity contribution is 5.81.